The molecule has 9 nitrogen and oxygen atoms in total. The Labute approximate surface area is 176 Å². The summed E-state index contributed by atoms with van der Waals surface area (Å²) >= 11 is 0. The molecule has 0 saturated carbocycles. The van der Waals surface area contributed by atoms with Crippen LogP contribution in [0.2, 0.25) is 0 Å². The van der Waals surface area contributed by atoms with Gasteiger partial charge in [-0.1, -0.05) is 6.07 Å². The molecule has 1 aromatic rings. The van der Waals surface area contributed by atoms with Crippen LogP contribution in [0.15, 0.2) is 18.2 Å². The van der Waals surface area contributed by atoms with Gasteiger partial charge in [-0.3, -0.25) is 9.59 Å². The number of aromatic nitrogens is 1. The molecule has 0 saturated heterocycles. The normalized spacial score (nSPS) is 13.6. The van der Waals surface area contributed by atoms with Crippen molar-refractivity contribution in [3.8, 4) is 0 Å². The molecule has 0 radical (unpaired) electrons. The highest BCUT2D eigenvalue weighted by Gasteiger charge is 2.26. The van der Waals surface area contributed by atoms with Gasteiger partial charge in [-0.2, -0.15) is 0 Å². The van der Waals surface area contributed by atoms with Crippen LogP contribution in [0.4, 0.5) is 0 Å². The second-order valence-corrected chi connectivity index (χ2v) is 8.98. The van der Waals surface area contributed by atoms with E-state index in [0.29, 0.717) is 0 Å². The third kappa shape index (κ3) is 8.59. The van der Waals surface area contributed by atoms with Crippen LogP contribution in [0, 0.1) is 0 Å². The van der Waals surface area contributed by atoms with Gasteiger partial charge >= 0.3 is 11.9 Å². The molecule has 0 fully saturated rings. The fourth-order valence-corrected chi connectivity index (χ4v) is 2.15. The van der Waals surface area contributed by atoms with Crippen molar-refractivity contribution in [2.45, 2.75) is 78.7 Å². The van der Waals surface area contributed by atoms with Gasteiger partial charge in [-0.25, -0.2) is 14.6 Å². The van der Waals surface area contributed by atoms with E-state index in [2.05, 4.69) is 15.6 Å². The minimum absolute atomic E-state index is 0.161. The summed E-state index contributed by atoms with van der Waals surface area (Å²) in [7, 11) is 0. The van der Waals surface area contributed by atoms with Crippen LogP contribution in [-0.2, 0) is 19.1 Å². The first-order valence-corrected chi connectivity index (χ1v) is 9.62. The van der Waals surface area contributed by atoms with Crippen molar-refractivity contribution in [2.75, 3.05) is 0 Å². The monoisotopic (exact) mass is 421 g/mol. The molecule has 1 rings (SSSR count). The molecule has 1 aromatic heterocycles. The summed E-state index contributed by atoms with van der Waals surface area (Å²) in [5, 5.41) is 5.41. The van der Waals surface area contributed by atoms with E-state index < -0.39 is 47.0 Å². The number of hydrogen-bond acceptors (Lipinski definition) is 7. The highest BCUT2D eigenvalue weighted by molar-refractivity contribution is 5.94. The summed E-state index contributed by atoms with van der Waals surface area (Å²) in [4.78, 5) is 52.7. The van der Waals surface area contributed by atoms with Crippen LogP contribution in [0.25, 0.3) is 0 Å². The van der Waals surface area contributed by atoms with Gasteiger partial charge in [0.05, 0.1) is 0 Å². The molecule has 0 aromatic carbocycles. The number of carbonyl (C=O) groups excluding carboxylic acids is 4. The third-order valence-corrected chi connectivity index (χ3v) is 3.47. The largest absolute Gasteiger partial charge is 0.448 e. The third-order valence-electron chi connectivity index (χ3n) is 3.47. The van der Waals surface area contributed by atoms with Gasteiger partial charge in [0, 0.05) is 11.1 Å². The standard InChI is InChI=1S/C21H31N3O6/c1-12(16(25)23-20(3,4)5)29-18(27)14-10-9-11-15(22-14)19(28)30-13(2)17(26)24-21(6,7)8/h9-13H,1-8H3,(H,23,25)(H,24,26)/t12-,13-/m1/s1. The van der Waals surface area contributed by atoms with Crippen molar-refractivity contribution in [3.63, 3.8) is 0 Å². The van der Waals surface area contributed by atoms with Crippen molar-refractivity contribution in [2.24, 2.45) is 0 Å². The highest BCUT2D eigenvalue weighted by atomic mass is 16.6. The van der Waals surface area contributed by atoms with E-state index in [1.165, 1.54) is 32.0 Å². The lowest BCUT2D eigenvalue weighted by atomic mass is 10.1. The van der Waals surface area contributed by atoms with Crippen molar-refractivity contribution < 1.29 is 28.7 Å². The predicted molar refractivity (Wildman–Crippen MR) is 110 cm³/mol. The Bertz CT molecular complexity index is 744. The SMILES string of the molecule is C[C@@H](OC(=O)c1cccc(C(=O)O[C@H](C)C(=O)NC(C)(C)C)n1)C(=O)NC(C)(C)C. The van der Waals surface area contributed by atoms with Crippen LogP contribution in [0.5, 0.6) is 0 Å². The van der Waals surface area contributed by atoms with E-state index in [0.717, 1.165) is 0 Å². The molecular formula is C21H31N3O6. The molecule has 2 amide bonds. The first kappa shape index (κ1) is 25.1. The number of amides is 2. The summed E-state index contributed by atoms with van der Waals surface area (Å²) in [6.45, 7) is 13.7. The van der Waals surface area contributed by atoms with Gasteiger partial charge in [0.15, 0.2) is 12.2 Å². The molecule has 9 heteroatoms. The maximum Gasteiger partial charge on any atom is 0.357 e. The molecule has 0 bridgehead atoms. The maximum atomic E-state index is 12.3. The molecule has 2 N–H and O–H groups in total. The van der Waals surface area contributed by atoms with Crippen molar-refractivity contribution in [1.82, 2.24) is 15.6 Å². The van der Waals surface area contributed by atoms with Gasteiger partial charge < -0.3 is 20.1 Å². The molecule has 0 aliphatic carbocycles. The molecule has 1 heterocycles. The number of esters is 2. The van der Waals surface area contributed by atoms with E-state index in [-0.39, 0.29) is 11.4 Å². The lowest BCUT2D eigenvalue weighted by Crippen LogP contribution is -2.46. The van der Waals surface area contributed by atoms with Gasteiger partial charge in [0.25, 0.3) is 11.8 Å². The quantitative estimate of drug-likeness (QED) is 0.673. The van der Waals surface area contributed by atoms with Crippen molar-refractivity contribution in [1.29, 1.82) is 0 Å². The number of pyridine rings is 1. The fraction of sp³-hybridized carbons (Fsp3) is 0.571. The van der Waals surface area contributed by atoms with Crippen LogP contribution in [0.1, 0.15) is 76.4 Å². The zero-order valence-corrected chi connectivity index (χ0v) is 18.8. The number of nitrogens with zero attached hydrogens (tertiary/aromatic N) is 1. The van der Waals surface area contributed by atoms with E-state index >= 15 is 0 Å². The average molecular weight is 421 g/mol. The number of carbonyl (C=O) groups is 4. The zero-order chi connectivity index (χ0) is 23.3. The van der Waals surface area contributed by atoms with Crippen LogP contribution < -0.4 is 10.6 Å². The first-order chi connectivity index (χ1) is 13.6. The smallest absolute Gasteiger partial charge is 0.357 e. The van der Waals surface area contributed by atoms with E-state index in [1.54, 1.807) is 41.5 Å². The van der Waals surface area contributed by atoms with Gasteiger partial charge in [-0.15, -0.1) is 0 Å². The predicted octanol–water partition coefficient (Wildman–Crippen LogP) is 2.00. The Hall–Kier alpha value is -2.97. The molecule has 166 valence electrons. The summed E-state index contributed by atoms with van der Waals surface area (Å²) < 4.78 is 10.2. The van der Waals surface area contributed by atoms with Gasteiger partial charge in [0.1, 0.15) is 11.4 Å². The summed E-state index contributed by atoms with van der Waals surface area (Å²) in [5.74, 6) is -2.63. The number of hydrogen-bond donors (Lipinski definition) is 2. The molecule has 30 heavy (non-hydrogen) atoms. The van der Waals surface area contributed by atoms with Crippen LogP contribution >= 0.6 is 0 Å². The highest BCUT2D eigenvalue weighted by Crippen LogP contribution is 2.09. The first-order valence-electron chi connectivity index (χ1n) is 9.62. The number of nitrogens with one attached hydrogen (secondary N) is 2. The maximum absolute atomic E-state index is 12.3. The average Bonchev–Trinajstić information content (AvgIpc) is 2.58. The summed E-state index contributed by atoms with van der Waals surface area (Å²) in [5.41, 5.74) is -1.27. The summed E-state index contributed by atoms with van der Waals surface area (Å²) in [6, 6.07) is 4.13. The van der Waals surface area contributed by atoms with Gasteiger partial charge in [0.2, 0.25) is 0 Å². The molecule has 2 atom stereocenters. The zero-order valence-electron chi connectivity index (χ0n) is 18.8. The molecule has 0 unspecified atom stereocenters. The number of ether oxygens (including phenoxy) is 2. The molecular weight excluding hydrogens is 390 g/mol. The van der Waals surface area contributed by atoms with Gasteiger partial charge in [-0.05, 0) is 67.5 Å². The second-order valence-electron chi connectivity index (χ2n) is 8.98. The Kier molecular flexibility index (Phi) is 8.09. The van der Waals surface area contributed by atoms with E-state index in [4.69, 9.17) is 9.47 Å². The number of rotatable bonds is 6. The Balaban J connectivity index is 2.79. The molecule has 0 spiro atoms. The lowest BCUT2D eigenvalue weighted by Gasteiger charge is -2.23. The minimum atomic E-state index is -1.05. The van der Waals surface area contributed by atoms with Crippen LogP contribution in [0.3, 0.4) is 0 Å². The Morgan fingerprint density at radius 1 is 0.767 bits per heavy atom. The molecule has 0 aliphatic heterocycles. The van der Waals surface area contributed by atoms with Crippen molar-refractivity contribution in [3.05, 3.63) is 29.6 Å². The fourth-order valence-electron chi connectivity index (χ4n) is 2.15. The minimum Gasteiger partial charge on any atom is -0.448 e. The van der Waals surface area contributed by atoms with Crippen LogP contribution in [-0.4, -0.2) is 52.0 Å². The van der Waals surface area contributed by atoms with Crippen molar-refractivity contribution >= 4 is 23.8 Å². The topological polar surface area (TPSA) is 124 Å². The second kappa shape index (κ2) is 9.69. The molecule has 0 aliphatic rings. The summed E-state index contributed by atoms with van der Waals surface area (Å²) in [6.07, 6.45) is -2.09. The Morgan fingerprint density at radius 3 is 1.40 bits per heavy atom. The lowest BCUT2D eigenvalue weighted by molar-refractivity contribution is -0.131. The van der Waals surface area contributed by atoms with E-state index in [9.17, 15) is 19.2 Å². The Morgan fingerprint density at radius 2 is 1.10 bits per heavy atom. The van der Waals surface area contributed by atoms with E-state index in [1.807, 2.05) is 0 Å².